The number of anilines is 3. The lowest BCUT2D eigenvalue weighted by Gasteiger charge is -2.21. The summed E-state index contributed by atoms with van der Waals surface area (Å²) in [5.41, 5.74) is 6.24. The number of nitrogens with zero attached hydrogens (tertiary/aromatic N) is 4. The van der Waals surface area contributed by atoms with Gasteiger partial charge in [-0.2, -0.15) is 15.0 Å². The maximum atomic E-state index is 5.81. The summed E-state index contributed by atoms with van der Waals surface area (Å²) in [5.74, 6) is 2.32. The Bertz CT molecular complexity index is 477. The molecule has 1 aromatic heterocycles. The number of hydrogen-bond donors (Lipinski definition) is 2. The summed E-state index contributed by atoms with van der Waals surface area (Å²) in [6.45, 7) is 7.52. The second-order valence-corrected chi connectivity index (χ2v) is 6.38. The fourth-order valence-corrected chi connectivity index (χ4v) is 2.89. The predicted octanol–water partition coefficient (Wildman–Crippen LogP) is 1.90. The van der Waals surface area contributed by atoms with Crippen molar-refractivity contribution in [2.45, 2.75) is 39.5 Å². The van der Waals surface area contributed by atoms with E-state index in [1.165, 1.54) is 25.7 Å². The number of rotatable bonds is 5. The number of nitrogen functional groups attached to an aromatic ring is 1. The van der Waals surface area contributed by atoms with Gasteiger partial charge in [0, 0.05) is 19.6 Å². The molecule has 1 saturated carbocycles. The largest absolute Gasteiger partial charge is 0.368 e. The van der Waals surface area contributed by atoms with Crippen molar-refractivity contribution in [3.63, 3.8) is 0 Å². The van der Waals surface area contributed by atoms with E-state index >= 15 is 0 Å². The van der Waals surface area contributed by atoms with Crippen molar-refractivity contribution in [3.05, 3.63) is 0 Å². The van der Waals surface area contributed by atoms with Crippen molar-refractivity contribution in [2.24, 2.45) is 11.3 Å². The maximum Gasteiger partial charge on any atom is 0.231 e. The summed E-state index contributed by atoms with van der Waals surface area (Å²) in [6.07, 6.45) is 4.98. The lowest BCUT2D eigenvalue weighted by Crippen LogP contribution is -2.25. The molecular formula is C14H24N6. The molecule has 3 N–H and O–H groups in total. The van der Waals surface area contributed by atoms with Gasteiger partial charge in [-0.3, -0.25) is 0 Å². The van der Waals surface area contributed by atoms with Gasteiger partial charge in [-0.25, -0.2) is 0 Å². The van der Waals surface area contributed by atoms with Crippen LogP contribution >= 0.6 is 0 Å². The average molecular weight is 276 g/mol. The third-order valence-electron chi connectivity index (χ3n) is 4.75. The molecule has 2 heterocycles. The van der Waals surface area contributed by atoms with Gasteiger partial charge in [0.05, 0.1) is 0 Å². The summed E-state index contributed by atoms with van der Waals surface area (Å²) in [4.78, 5) is 15.2. The highest BCUT2D eigenvalue weighted by Crippen LogP contribution is 2.51. The molecule has 0 unspecified atom stereocenters. The van der Waals surface area contributed by atoms with Crippen LogP contribution in [0.5, 0.6) is 0 Å². The van der Waals surface area contributed by atoms with E-state index in [1.807, 2.05) is 0 Å². The van der Waals surface area contributed by atoms with E-state index in [0.717, 1.165) is 19.6 Å². The zero-order valence-corrected chi connectivity index (χ0v) is 12.4. The van der Waals surface area contributed by atoms with Crippen LogP contribution in [0.25, 0.3) is 0 Å². The summed E-state index contributed by atoms with van der Waals surface area (Å²) in [5, 5.41) is 3.36. The van der Waals surface area contributed by atoms with Crippen molar-refractivity contribution >= 4 is 17.8 Å². The van der Waals surface area contributed by atoms with E-state index in [2.05, 4.69) is 39.0 Å². The van der Waals surface area contributed by atoms with Crippen LogP contribution in [0.15, 0.2) is 0 Å². The Labute approximate surface area is 120 Å². The van der Waals surface area contributed by atoms with Crippen molar-refractivity contribution in [1.82, 2.24) is 15.0 Å². The van der Waals surface area contributed by atoms with Crippen LogP contribution in [-0.2, 0) is 0 Å². The molecule has 20 heavy (non-hydrogen) atoms. The van der Waals surface area contributed by atoms with Crippen molar-refractivity contribution in [2.75, 3.05) is 35.6 Å². The molecule has 110 valence electrons. The fourth-order valence-electron chi connectivity index (χ4n) is 2.89. The van der Waals surface area contributed by atoms with Gasteiger partial charge >= 0.3 is 0 Å². The Morgan fingerprint density at radius 1 is 1.20 bits per heavy atom. The van der Waals surface area contributed by atoms with Gasteiger partial charge in [-0.1, -0.05) is 13.8 Å². The molecule has 2 aliphatic rings. The quantitative estimate of drug-likeness (QED) is 0.855. The molecule has 0 radical (unpaired) electrons. The number of hydrogen-bond acceptors (Lipinski definition) is 6. The fraction of sp³-hybridized carbons (Fsp3) is 0.786. The van der Waals surface area contributed by atoms with Crippen molar-refractivity contribution < 1.29 is 0 Å². The Balaban J connectivity index is 1.70. The molecule has 1 aliphatic heterocycles. The van der Waals surface area contributed by atoms with Gasteiger partial charge in [-0.15, -0.1) is 0 Å². The summed E-state index contributed by atoms with van der Waals surface area (Å²) in [7, 11) is 0. The molecular weight excluding hydrogens is 252 g/mol. The lowest BCUT2D eigenvalue weighted by atomic mass is 9.92. The lowest BCUT2D eigenvalue weighted by molar-refractivity contribution is 0.379. The first-order chi connectivity index (χ1) is 9.59. The molecule has 6 nitrogen and oxygen atoms in total. The Hall–Kier alpha value is -1.59. The molecule has 2 fully saturated rings. The minimum atomic E-state index is 0.304. The number of nitrogens with one attached hydrogen (secondary N) is 1. The molecule has 1 aliphatic carbocycles. The topological polar surface area (TPSA) is 80.0 Å². The number of nitrogens with two attached hydrogens (primary N) is 1. The molecule has 0 aromatic carbocycles. The maximum absolute atomic E-state index is 5.81. The summed E-state index contributed by atoms with van der Waals surface area (Å²) < 4.78 is 0. The van der Waals surface area contributed by atoms with Gasteiger partial charge in [0.2, 0.25) is 17.8 Å². The van der Waals surface area contributed by atoms with Crippen molar-refractivity contribution in [1.29, 1.82) is 0 Å². The third-order valence-corrected chi connectivity index (χ3v) is 4.75. The highest BCUT2D eigenvalue weighted by molar-refractivity contribution is 5.42. The Morgan fingerprint density at radius 2 is 1.90 bits per heavy atom. The van der Waals surface area contributed by atoms with Crippen LogP contribution in [0.1, 0.15) is 39.5 Å². The van der Waals surface area contributed by atoms with Gasteiger partial charge in [0.25, 0.3) is 0 Å². The van der Waals surface area contributed by atoms with Crippen LogP contribution < -0.4 is 16.0 Å². The molecule has 1 aromatic rings. The average Bonchev–Trinajstić information content (AvgIpc) is 3.01. The molecule has 0 amide bonds. The van der Waals surface area contributed by atoms with Crippen LogP contribution in [-0.4, -0.2) is 34.6 Å². The zero-order valence-electron chi connectivity index (χ0n) is 12.4. The van der Waals surface area contributed by atoms with Gasteiger partial charge in [0.15, 0.2) is 0 Å². The summed E-state index contributed by atoms with van der Waals surface area (Å²) >= 11 is 0. The Kier molecular flexibility index (Phi) is 3.40. The van der Waals surface area contributed by atoms with E-state index in [1.54, 1.807) is 0 Å². The minimum Gasteiger partial charge on any atom is -0.368 e. The SMILES string of the molecule is CC(C)C1(CNc2nc(N)nc(N3CCCC3)n2)CC1. The van der Waals surface area contributed by atoms with E-state index in [-0.39, 0.29) is 0 Å². The molecule has 0 spiro atoms. The van der Waals surface area contributed by atoms with Crippen LogP contribution in [0.2, 0.25) is 0 Å². The first-order valence-corrected chi connectivity index (χ1v) is 7.59. The molecule has 0 atom stereocenters. The van der Waals surface area contributed by atoms with E-state index in [0.29, 0.717) is 29.2 Å². The molecule has 3 rings (SSSR count). The normalized spacial score (nSPS) is 20.4. The minimum absolute atomic E-state index is 0.304. The number of aromatic nitrogens is 3. The highest BCUT2D eigenvalue weighted by Gasteiger charge is 2.45. The molecule has 0 bridgehead atoms. The van der Waals surface area contributed by atoms with E-state index in [9.17, 15) is 0 Å². The van der Waals surface area contributed by atoms with Gasteiger partial charge < -0.3 is 16.0 Å². The van der Waals surface area contributed by atoms with Crippen molar-refractivity contribution in [3.8, 4) is 0 Å². The smallest absolute Gasteiger partial charge is 0.231 e. The summed E-state index contributed by atoms with van der Waals surface area (Å²) in [6, 6.07) is 0. The first-order valence-electron chi connectivity index (χ1n) is 7.59. The third kappa shape index (κ3) is 2.64. The second kappa shape index (κ2) is 5.07. The van der Waals surface area contributed by atoms with E-state index < -0.39 is 0 Å². The highest BCUT2D eigenvalue weighted by atomic mass is 15.3. The van der Waals surface area contributed by atoms with Crippen LogP contribution in [0.4, 0.5) is 17.8 Å². The predicted molar refractivity (Wildman–Crippen MR) is 80.7 cm³/mol. The van der Waals surface area contributed by atoms with Gasteiger partial charge in [-0.05, 0) is 37.0 Å². The van der Waals surface area contributed by atoms with Crippen LogP contribution in [0.3, 0.4) is 0 Å². The van der Waals surface area contributed by atoms with E-state index in [4.69, 9.17) is 5.73 Å². The molecule has 1 saturated heterocycles. The monoisotopic (exact) mass is 276 g/mol. The standard InChI is InChI=1S/C14H24N6/c1-10(2)14(5-6-14)9-16-12-17-11(15)18-13(19-12)20-7-3-4-8-20/h10H,3-9H2,1-2H3,(H3,15,16,17,18,19). The Morgan fingerprint density at radius 3 is 2.50 bits per heavy atom. The van der Waals surface area contributed by atoms with Gasteiger partial charge in [0.1, 0.15) is 0 Å². The zero-order chi connectivity index (χ0) is 14.2. The van der Waals surface area contributed by atoms with Crippen LogP contribution in [0, 0.1) is 11.3 Å². The first kappa shape index (κ1) is 13.4. The second-order valence-electron chi connectivity index (χ2n) is 6.38. The molecule has 6 heteroatoms.